The number of nitrogens with two attached hydrogens (primary N) is 1. The van der Waals surface area contributed by atoms with Crippen molar-refractivity contribution in [2.24, 2.45) is 11.7 Å². The van der Waals surface area contributed by atoms with E-state index in [-0.39, 0.29) is 11.8 Å². The number of carbonyl (C=O) groups excluding carboxylic acids is 1. The van der Waals surface area contributed by atoms with Crippen molar-refractivity contribution in [3.05, 3.63) is 16.5 Å². The zero-order valence-corrected chi connectivity index (χ0v) is 13.5. The summed E-state index contributed by atoms with van der Waals surface area (Å²) in [4.78, 5) is 20.1. The van der Waals surface area contributed by atoms with Gasteiger partial charge in [0, 0.05) is 23.9 Å². The van der Waals surface area contributed by atoms with Gasteiger partial charge in [0.05, 0.1) is 0 Å². The van der Waals surface area contributed by atoms with E-state index in [0.29, 0.717) is 12.0 Å². The predicted octanol–water partition coefficient (Wildman–Crippen LogP) is 2.82. The summed E-state index contributed by atoms with van der Waals surface area (Å²) < 4.78 is 0.796. The molecule has 1 aliphatic carbocycles. The number of halogens is 1. The SMILES string of the molecule is CC(C)c1nc(Br)cc(NC2CCC(C(N)=O)CC2)n1. The Bertz CT molecular complexity index is 484. The van der Waals surface area contributed by atoms with Crippen LogP contribution in [0.5, 0.6) is 0 Å². The molecule has 3 N–H and O–H groups in total. The summed E-state index contributed by atoms with van der Waals surface area (Å²) in [5.41, 5.74) is 5.35. The number of anilines is 1. The Morgan fingerprint density at radius 1 is 1.35 bits per heavy atom. The molecule has 1 aromatic heterocycles. The lowest BCUT2D eigenvalue weighted by molar-refractivity contribution is -0.122. The van der Waals surface area contributed by atoms with Crippen LogP contribution in [0.1, 0.15) is 51.3 Å². The molecule has 5 nitrogen and oxygen atoms in total. The Labute approximate surface area is 127 Å². The lowest BCUT2D eigenvalue weighted by atomic mass is 9.85. The van der Waals surface area contributed by atoms with Crippen LogP contribution in [0.2, 0.25) is 0 Å². The van der Waals surface area contributed by atoms with Gasteiger partial charge in [0.1, 0.15) is 16.2 Å². The molecule has 0 atom stereocenters. The maximum absolute atomic E-state index is 11.2. The molecule has 1 aliphatic rings. The summed E-state index contributed by atoms with van der Waals surface area (Å²) in [6, 6.07) is 2.25. The summed E-state index contributed by atoms with van der Waals surface area (Å²) in [6.45, 7) is 4.15. The first kappa shape index (κ1) is 15.2. The van der Waals surface area contributed by atoms with E-state index >= 15 is 0 Å². The molecule has 2 rings (SSSR count). The summed E-state index contributed by atoms with van der Waals surface area (Å²) in [5, 5.41) is 3.44. The Kier molecular flexibility index (Phi) is 4.96. The van der Waals surface area contributed by atoms with Gasteiger partial charge in [-0.3, -0.25) is 4.79 Å². The summed E-state index contributed by atoms with van der Waals surface area (Å²) in [7, 11) is 0. The van der Waals surface area contributed by atoms with Crippen LogP contribution in [-0.2, 0) is 4.79 Å². The van der Waals surface area contributed by atoms with Gasteiger partial charge in [0.25, 0.3) is 0 Å². The molecular weight excluding hydrogens is 320 g/mol. The van der Waals surface area contributed by atoms with Crippen molar-refractivity contribution in [2.45, 2.75) is 51.5 Å². The molecule has 0 aromatic carbocycles. The molecule has 0 aliphatic heterocycles. The molecule has 20 heavy (non-hydrogen) atoms. The standard InChI is InChI=1S/C14H21BrN4O/c1-8(2)14-18-11(15)7-12(19-14)17-10-5-3-9(4-6-10)13(16)20/h7-10H,3-6H2,1-2H3,(H2,16,20)(H,17,18,19). The van der Waals surface area contributed by atoms with Crippen LogP contribution in [-0.4, -0.2) is 21.9 Å². The van der Waals surface area contributed by atoms with E-state index in [4.69, 9.17) is 5.73 Å². The van der Waals surface area contributed by atoms with Gasteiger partial charge >= 0.3 is 0 Å². The van der Waals surface area contributed by atoms with E-state index in [1.54, 1.807) is 0 Å². The van der Waals surface area contributed by atoms with Crippen molar-refractivity contribution in [3.8, 4) is 0 Å². The zero-order chi connectivity index (χ0) is 14.7. The topological polar surface area (TPSA) is 80.9 Å². The van der Waals surface area contributed by atoms with Crippen molar-refractivity contribution in [1.29, 1.82) is 0 Å². The number of primary amides is 1. The second kappa shape index (κ2) is 6.52. The first-order chi connectivity index (χ1) is 9.45. The quantitative estimate of drug-likeness (QED) is 0.825. The molecule has 0 radical (unpaired) electrons. The van der Waals surface area contributed by atoms with E-state index in [0.717, 1.165) is 41.9 Å². The average Bonchev–Trinajstić information content (AvgIpc) is 2.38. The van der Waals surface area contributed by atoms with Crippen LogP contribution in [0.15, 0.2) is 10.7 Å². The molecule has 1 amide bonds. The fourth-order valence-electron chi connectivity index (χ4n) is 2.50. The minimum atomic E-state index is -0.171. The van der Waals surface area contributed by atoms with Gasteiger partial charge in [0.2, 0.25) is 5.91 Å². The van der Waals surface area contributed by atoms with Crippen LogP contribution in [0, 0.1) is 5.92 Å². The number of rotatable bonds is 4. The summed E-state index contributed by atoms with van der Waals surface area (Å²) in [5.74, 6) is 1.83. The highest BCUT2D eigenvalue weighted by atomic mass is 79.9. The largest absolute Gasteiger partial charge is 0.369 e. The first-order valence-corrected chi connectivity index (χ1v) is 7.85. The van der Waals surface area contributed by atoms with Gasteiger partial charge in [-0.25, -0.2) is 9.97 Å². The number of nitrogens with one attached hydrogen (secondary N) is 1. The van der Waals surface area contributed by atoms with Crippen molar-refractivity contribution in [3.63, 3.8) is 0 Å². The maximum atomic E-state index is 11.2. The second-order valence-corrected chi connectivity index (χ2v) is 6.50. The molecule has 0 saturated heterocycles. The monoisotopic (exact) mass is 340 g/mol. The van der Waals surface area contributed by atoms with Crippen molar-refractivity contribution < 1.29 is 4.79 Å². The lowest BCUT2D eigenvalue weighted by Crippen LogP contribution is -2.32. The normalized spacial score (nSPS) is 22.8. The van der Waals surface area contributed by atoms with Gasteiger partial charge in [-0.15, -0.1) is 0 Å². The third-order valence-corrected chi connectivity index (χ3v) is 4.12. The molecule has 0 bridgehead atoms. The van der Waals surface area contributed by atoms with Crippen LogP contribution in [0.25, 0.3) is 0 Å². The number of nitrogens with zero attached hydrogens (tertiary/aromatic N) is 2. The van der Waals surface area contributed by atoms with Gasteiger partial charge in [0.15, 0.2) is 0 Å². The minimum Gasteiger partial charge on any atom is -0.369 e. The Hall–Kier alpha value is -1.17. The molecule has 0 unspecified atom stereocenters. The minimum absolute atomic E-state index is 0.0383. The van der Waals surface area contributed by atoms with Crippen molar-refractivity contribution >= 4 is 27.7 Å². The molecule has 1 heterocycles. The van der Waals surface area contributed by atoms with Gasteiger partial charge in [-0.1, -0.05) is 13.8 Å². The lowest BCUT2D eigenvalue weighted by Gasteiger charge is -2.27. The molecule has 1 fully saturated rings. The molecule has 0 spiro atoms. The molecule has 110 valence electrons. The Morgan fingerprint density at radius 2 is 2.00 bits per heavy atom. The highest BCUT2D eigenvalue weighted by molar-refractivity contribution is 9.10. The Balaban J connectivity index is 1.99. The predicted molar refractivity (Wildman–Crippen MR) is 82.4 cm³/mol. The van der Waals surface area contributed by atoms with Crippen LogP contribution in [0.4, 0.5) is 5.82 Å². The number of amides is 1. The van der Waals surface area contributed by atoms with Crippen LogP contribution in [0.3, 0.4) is 0 Å². The zero-order valence-electron chi connectivity index (χ0n) is 11.9. The molecule has 1 saturated carbocycles. The number of hydrogen-bond acceptors (Lipinski definition) is 4. The second-order valence-electron chi connectivity index (χ2n) is 5.68. The van der Waals surface area contributed by atoms with E-state index in [2.05, 4.69) is 45.1 Å². The third-order valence-electron chi connectivity index (χ3n) is 3.71. The number of aromatic nitrogens is 2. The number of hydrogen-bond donors (Lipinski definition) is 2. The summed E-state index contributed by atoms with van der Waals surface area (Å²) in [6.07, 6.45) is 3.62. The highest BCUT2D eigenvalue weighted by Gasteiger charge is 2.24. The van der Waals surface area contributed by atoms with E-state index < -0.39 is 0 Å². The first-order valence-electron chi connectivity index (χ1n) is 7.06. The van der Waals surface area contributed by atoms with Gasteiger partial charge in [-0.2, -0.15) is 0 Å². The fourth-order valence-corrected chi connectivity index (χ4v) is 2.90. The fraction of sp³-hybridized carbons (Fsp3) is 0.643. The van der Waals surface area contributed by atoms with Gasteiger partial charge in [-0.05, 0) is 41.6 Å². The average molecular weight is 341 g/mol. The maximum Gasteiger partial charge on any atom is 0.220 e. The smallest absolute Gasteiger partial charge is 0.220 e. The molecular formula is C14H21BrN4O. The van der Waals surface area contributed by atoms with Crippen molar-refractivity contribution in [1.82, 2.24) is 9.97 Å². The highest BCUT2D eigenvalue weighted by Crippen LogP contribution is 2.27. The van der Waals surface area contributed by atoms with Gasteiger partial charge < -0.3 is 11.1 Å². The summed E-state index contributed by atoms with van der Waals surface area (Å²) >= 11 is 3.42. The van der Waals surface area contributed by atoms with Crippen LogP contribution < -0.4 is 11.1 Å². The van der Waals surface area contributed by atoms with E-state index in [1.807, 2.05) is 6.07 Å². The van der Waals surface area contributed by atoms with Crippen molar-refractivity contribution in [2.75, 3.05) is 5.32 Å². The molecule has 1 aromatic rings. The van der Waals surface area contributed by atoms with E-state index in [1.165, 1.54) is 0 Å². The third kappa shape index (κ3) is 3.91. The van der Waals surface area contributed by atoms with E-state index in [9.17, 15) is 4.79 Å². The van der Waals surface area contributed by atoms with Crippen LogP contribution >= 0.6 is 15.9 Å². The molecule has 6 heteroatoms. The number of carbonyl (C=O) groups is 1. The Morgan fingerprint density at radius 3 is 2.55 bits per heavy atom.